The van der Waals surface area contributed by atoms with Gasteiger partial charge in [-0.1, -0.05) is 6.07 Å². The summed E-state index contributed by atoms with van der Waals surface area (Å²) in [6, 6.07) is 6.93. The highest BCUT2D eigenvalue weighted by Gasteiger charge is 2.23. The summed E-state index contributed by atoms with van der Waals surface area (Å²) in [5.74, 6) is 2.78. The van der Waals surface area contributed by atoms with Crippen LogP contribution in [0.1, 0.15) is 31.2 Å². The number of hydrogen-bond donors (Lipinski definition) is 1. The van der Waals surface area contributed by atoms with Crippen molar-refractivity contribution in [3.05, 3.63) is 42.5 Å². The molecule has 0 unspecified atom stereocenters. The molecule has 2 aromatic rings. The summed E-state index contributed by atoms with van der Waals surface area (Å²) >= 11 is 0. The minimum atomic E-state index is 0.628. The van der Waals surface area contributed by atoms with Gasteiger partial charge in [0.2, 0.25) is 0 Å². The third-order valence-corrected chi connectivity index (χ3v) is 4.77. The number of nitrogens with one attached hydrogen (secondary N) is 1. The molecule has 0 spiro atoms. The molecule has 5 heteroatoms. The molecule has 1 saturated heterocycles. The number of pyridine rings is 1. The van der Waals surface area contributed by atoms with Crippen molar-refractivity contribution in [2.75, 3.05) is 23.3 Å². The van der Waals surface area contributed by atoms with Crippen molar-refractivity contribution < 1.29 is 0 Å². The molecule has 0 aromatic carbocycles. The second-order valence-electron chi connectivity index (χ2n) is 6.68. The lowest BCUT2D eigenvalue weighted by molar-refractivity contribution is 0.402. The Morgan fingerprint density at radius 3 is 2.74 bits per heavy atom. The normalized spacial score (nSPS) is 18.9. The maximum absolute atomic E-state index is 4.46. The molecule has 0 atom stereocenters. The van der Waals surface area contributed by atoms with Gasteiger partial charge in [0, 0.05) is 37.6 Å². The van der Waals surface area contributed by atoms with E-state index in [0.29, 0.717) is 6.04 Å². The van der Waals surface area contributed by atoms with Crippen LogP contribution >= 0.6 is 0 Å². The van der Waals surface area contributed by atoms with Crippen molar-refractivity contribution in [1.29, 1.82) is 0 Å². The molecule has 0 amide bonds. The molecule has 1 N–H and O–H groups in total. The van der Waals surface area contributed by atoms with Crippen molar-refractivity contribution in [2.24, 2.45) is 5.92 Å². The van der Waals surface area contributed by atoms with E-state index in [1.54, 1.807) is 6.33 Å². The molecule has 2 aromatic heterocycles. The molecule has 23 heavy (non-hydrogen) atoms. The van der Waals surface area contributed by atoms with Crippen LogP contribution in [0.2, 0.25) is 0 Å². The molecule has 2 aliphatic rings. The van der Waals surface area contributed by atoms with Crippen molar-refractivity contribution in [3.63, 3.8) is 0 Å². The third-order valence-electron chi connectivity index (χ3n) is 4.77. The average Bonchev–Trinajstić information content (AvgIpc) is 3.41. The van der Waals surface area contributed by atoms with Gasteiger partial charge in [-0.15, -0.1) is 0 Å². The van der Waals surface area contributed by atoms with Gasteiger partial charge < -0.3 is 10.2 Å². The summed E-state index contributed by atoms with van der Waals surface area (Å²) in [7, 11) is 0. The van der Waals surface area contributed by atoms with Crippen molar-refractivity contribution in [2.45, 2.75) is 38.1 Å². The van der Waals surface area contributed by atoms with E-state index in [9.17, 15) is 0 Å². The minimum Gasteiger partial charge on any atom is -0.367 e. The molecule has 120 valence electrons. The maximum Gasteiger partial charge on any atom is 0.134 e. The first kappa shape index (κ1) is 14.4. The quantitative estimate of drug-likeness (QED) is 0.920. The first-order valence-corrected chi connectivity index (χ1v) is 8.59. The van der Waals surface area contributed by atoms with Gasteiger partial charge in [-0.2, -0.15) is 0 Å². The Bertz CT molecular complexity index is 633. The molecule has 1 aliphatic heterocycles. The third kappa shape index (κ3) is 3.78. The van der Waals surface area contributed by atoms with Crippen LogP contribution in [-0.4, -0.2) is 34.1 Å². The molecule has 5 nitrogen and oxygen atoms in total. The number of nitrogens with zero attached hydrogens (tertiary/aromatic N) is 4. The lowest BCUT2D eigenvalue weighted by Crippen LogP contribution is -2.35. The van der Waals surface area contributed by atoms with Crippen LogP contribution in [0.4, 0.5) is 11.6 Å². The minimum absolute atomic E-state index is 0.628. The van der Waals surface area contributed by atoms with E-state index < -0.39 is 0 Å². The zero-order chi connectivity index (χ0) is 15.5. The van der Waals surface area contributed by atoms with E-state index in [1.165, 1.54) is 31.2 Å². The van der Waals surface area contributed by atoms with Gasteiger partial charge in [-0.25, -0.2) is 9.97 Å². The van der Waals surface area contributed by atoms with Crippen LogP contribution in [0.3, 0.4) is 0 Å². The largest absolute Gasteiger partial charge is 0.367 e. The second kappa shape index (κ2) is 6.52. The van der Waals surface area contributed by atoms with Crippen molar-refractivity contribution in [1.82, 2.24) is 15.0 Å². The van der Waals surface area contributed by atoms with Crippen LogP contribution in [0.25, 0.3) is 0 Å². The SMILES string of the molecule is c1cncc(CC2CCN(c3cc(NC4CC4)ncn3)CC2)c1. The number of anilines is 2. The summed E-state index contributed by atoms with van der Waals surface area (Å²) in [6.45, 7) is 2.15. The molecular weight excluding hydrogens is 286 g/mol. The van der Waals surface area contributed by atoms with Crippen LogP contribution in [0.5, 0.6) is 0 Å². The zero-order valence-corrected chi connectivity index (χ0v) is 13.4. The van der Waals surface area contributed by atoms with Crippen molar-refractivity contribution in [3.8, 4) is 0 Å². The highest BCUT2D eigenvalue weighted by atomic mass is 15.2. The van der Waals surface area contributed by atoms with Gasteiger partial charge in [0.15, 0.2) is 0 Å². The Kier molecular flexibility index (Phi) is 4.09. The van der Waals surface area contributed by atoms with Gasteiger partial charge in [0.25, 0.3) is 0 Å². The van der Waals surface area contributed by atoms with Crippen molar-refractivity contribution >= 4 is 11.6 Å². The first-order valence-electron chi connectivity index (χ1n) is 8.59. The van der Waals surface area contributed by atoms with Gasteiger partial charge in [-0.3, -0.25) is 4.98 Å². The Morgan fingerprint density at radius 2 is 2.00 bits per heavy atom. The second-order valence-corrected chi connectivity index (χ2v) is 6.68. The van der Waals surface area contributed by atoms with E-state index in [1.807, 2.05) is 18.5 Å². The number of hydrogen-bond acceptors (Lipinski definition) is 5. The Hall–Kier alpha value is -2.17. The molecule has 0 bridgehead atoms. The molecule has 3 heterocycles. The fourth-order valence-corrected chi connectivity index (χ4v) is 3.25. The standard InChI is InChI=1S/C18H23N5/c1-2-15(12-19-7-1)10-14-5-8-23(9-6-14)18-11-17(20-13-21-18)22-16-3-4-16/h1-2,7,11-14,16H,3-6,8-10H2,(H,20,21,22). The molecule has 0 radical (unpaired) electrons. The zero-order valence-electron chi connectivity index (χ0n) is 13.4. The summed E-state index contributed by atoms with van der Waals surface area (Å²) in [5, 5.41) is 3.45. The van der Waals surface area contributed by atoms with E-state index in [-0.39, 0.29) is 0 Å². The van der Waals surface area contributed by atoms with Gasteiger partial charge in [0.05, 0.1) is 0 Å². The van der Waals surface area contributed by atoms with Gasteiger partial charge in [-0.05, 0) is 49.7 Å². The van der Waals surface area contributed by atoms with Crippen LogP contribution in [-0.2, 0) is 6.42 Å². The monoisotopic (exact) mass is 309 g/mol. The van der Waals surface area contributed by atoms with Crippen LogP contribution < -0.4 is 10.2 Å². The van der Waals surface area contributed by atoms with E-state index in [2.05, 4.69) is 37.3 Å². The summed E-state index contributed by atoms with van der Waals surface area (Å²) in [5.41, 5.74) is 1.35. The predicted molar refractivity (Wildman–Crippen MR) is 91.6 cm³/mol. The maximum atomic E-state index is 4.46. The van der Waals surface area contributed by atoms with E-state index >= 15 is 0 Å². The summed E-state index contributed by atoms with van der Waals surface area (Å²) in [4.78, 5) is 15.4. The lowest BCUT2D eigenvalue weighted by atomic mass is 9.91. The molecule has 1 aliphatic carbocycles. The van der Waals surface area contributed by atoms with Gasteiger partial charge >= 0.3 is 0 Å². The summed E-state index contributed by atoms with van der Waals surface area (Å²) < 4.78 is 0. The Balaban J connectivity index is 1.34. The number of piperidine rings is 1. The topological polar surface area (TPSA) is 53.9 Å². The highest BCUT2D eigenvalue weighted by molar-refractivity contribution is 5.49. The Morgan fingerprint density at radius 1 is 1.13 bits per heavy atom. The van der Waals surface area contributed by atoms with E-state index in [4.69, 9.17) is 0 Å². The van der Waals surface area contributed by atoms with Crippen LogP contribution in [0, 0.1) is 5.92 Å². The van der Waals surface area contributed by atoms with Gasteiger partial charge in [0.1, 0.15) is 18.0 Å². The number of rotatable bonds is 5. The van der Waals surface area contributed by atoms with Crippen LogP contribution in [0.15, 0.2) is 36.9 Å². The molecule has 4 rings (SSSR count). The number of aromatic nitrogens is 3. The fraction of sp³-hybridized carbons (Fsp3) is 0.500. The fourth-order valence-electron chi connectivity index (χ4n) is 3.25. The lowest BCUT2D eigenvalue weighted by Gasteiger charge is -2.32. The molecule has 2 fully saturated rings. The molecular formula is C18H23N5. The predicted octanol–water partition coefficient (Wildman–Crippen LogP) is 2.91. The first-order chi connectivity index (χ1) is 11.4. The summed E-state index contributed by atoms with van der Waals surface area (Å²) in [6.07, 6.45) is 11.6. The Labute approximate surface area is 137 Å². The molecule has 1 saturated carbocycles. The van der Waals surface area contributed by atoms with E-state index in [0.717, 1.165) is 37.1 Å². The highest BCUT2D eigenvalue weighted by Crippen LogP contribution is 2.27. The smallest absolute Gasteiger partial charge is 0.134 e. The average molecular weight is 309 g/mol.